The normalized spacial score (nSPS) is 10.3. The maximum atomic E-state index is 12.9. The molecule has 0 unspecified atom stereocenters. The van der Waals surface area contributed by atoms with E-state index in [4.69, 9.17) is 5.73 Å². The summed E-state index contributed by atoms with van der Waals surface area (Å²) < 4.78 is 0. The first-order chi connectivity index (χ1) is 12.5. The van der Waals surface area contributed by atoms with Crippen LogP contribution in [0.1, 0.15) is 31.1 Å². The van der Waals surface area contributed by atoms with Gasteiger partial charge >= 0.3 is 5.97 Å². The van der Waals surface area contributed by atoms with Crippen LogP contribution in [0.5, 0.6) is 0 Å². The van der Waals surface area contributed by atoms with Crippen molar-refractivity contribution in [2.75, 3.05) is 5.32 Å². The summed E-state index contributed by atoms with van der Waals surface area (Å²) in [6.45, 7) is 0. The van der Waals surface area contributed by atoms with Gasteiger partial charge in [0, 0.05) is 0 Å². The lowest BCUT2D eigenvalue weighted by molar-refractivity contribution is 0.0692. The average molecular weight is 366 g/mol. The minimum absolute atomic E-state index is 0.0232. The summed E-state index contributed by atoms with van der Waals surface area (Å²) in [5.74, 6) is -2.50. The van der Waals surface area contributed by atoms with Crippen LogP contribution in [-0.2, 0) is 0 Å². The van der Waals surface area contributed by atoms with Crippen molar-refractivity contribution in [2.45, 2.75) is 0 Å². The highest BCUT2D eigenvalue weighted by atomic mass is 32.1. The van der Waals surface area contributed by atoms with Gasteiger partial charge in [-0.2, -0.15) is 0 Å². The van der Waals surface area contributed by atoms with Crippen molar-refractivity contribution < 1.29 is 19.5 Å². The first kappa shape index (κ1) is 17.4. The zero-order valence-corrected chi connectivity index (χ0v) is 14.2. The lowest BCUT2D eigenvalue weighted by Gasteiger charge is -2.13. The molecule has 6 nitrogen and oxygen atoms in total. The zero-order valence-electron chi connectivity index (χ0n) is 13.4. The second kappa shape index (κ2) is 7.20. The predicted molar refractivity (Wildman–Crippen MR) is 99.6 cm³/mol. The second-order valence-electron chi connectivity index (χ2n) is 5.38. The number of nitrogens with two attached hydrogens (primary N) is 1. The van der Waals surface area contributed by atoms with Gasteiger partial charge in [0.25, 0.3) is 11.8 Å². The van der Waals surface area contributed by atoms with Crippen LogP contribution in [0.3, 0.4) is 0 Å². The number of benzene rings is 2. The maximum Gasteiger partial charge on any atom is 0.336 e. The molecule has 130 valence electrons. The Morgan fingerprint density at radius 2 is 1.65 bits per heavy atom. The number of carboxylic acids is 1. The molecule has 3 rings (SSSR count). The van der Waals surface area contributed by atoms with E-state index >= 15 is 0 Å². The number of aromatic carboxylic acids is 1. The Morgan fingerprint density at radius 1 is 0.923 bits per heavy atom. The number of hydrogen-bond donors (Lipinski definition) is 3. The third kappa shape index (κ3) is 3.33. The molecule has 3 aromatic rings. The van der Waals surface area contributed by atoms with E-state index in [2.05, 4.69) is 5.32 Å². The minimum atomic E-state index is -1.21. The Kier molecular flexibility index (Phi) is 4.81. The summed E-state index contributed by atoms with van der Waals surface area (Å²) in [6, 6.07) is 15.1. The number of hydrogen-bond acceptors (Lipinski definition) is 4. The maximum absolute atomic E-state index is 12.9. The third-order valence-corrected chi connectivity index (χ3v) is 4.59. The fourth-order valence-corrected chi connectivity index (χ4v) is 3.39. The summed E-state index contributed by atoms with van der Waals surface area (Å²) in [6.07, 6.45) is 0. The van der Waals surface area contributed by atoms with Crippen LogP contribution in [0.4, 0.5) is 5.00 Å². The van der Waals surface area contributed by atoms with E-state index in [1.165, 1.54) is 12.1 Å². The molecule has 2 amide bonds. The van der Waals surface area contributed by atoms with Crippen LogP contribution in [0.2, 0.25) is 0 Å². The standard InChI is InChI=1S/C19H14N2O4S/c20-16(22)14-9-10-26-18(14)21-17(23)15-12(11-5-2-1-3-6-11)7-4-8-13(15)19(24)25/h1-10H,(H2,20,22)(H,21,23)(H,24,25). The summed E-state index contributed by atoms with van der Waals surface area (Å²) in [7, 11) is 0. The third-order valence-electron chi connectivity index (χ3n) is 3.76. The highest BCUT2D eigenvalue weighted by molar-refractivity contribution is 7.14. The Morgan fingerprint density at radius 3 is 2.31 bits per heavy atom. The lowest BCUT2D eigenvalue weighted by atomic mass is 9.94. The van der Waals surface area contributed by atoms with Crippen LogP contribution >= 0.6 is 11.3 Å². The van der Waals surface area contributed by atoms with Gasteiger partial charge in [-0.15, -0.1) is 11.3 Å². The monoisotopic (exact) mass is 366 g/mol. The van der Waals surface area contributed by atoms with Gasteiger partial charge < -0.3 is 16.2 Å². The molecule has 26 heavy (non-hydrogen) atoms. The quantitative estimate of drug-likeness (QED) is 0.642. The molecule has 0 aliphatic carbocycles. The molecule has 0 bridgehead atoms. The number of amides is 2. The van der Waals surface area contributed by atoms with E-state index in [0.29, 0.717) is 11.1 Å². The molecule has 1 aromatic heterocycles. The Balaban J connectivity index is 2.10. The van der Waals surface area contributed by atoms with E-state index in [-0.39, 0.29) is 21.7 Å². The zero-order chi connectivity index (χ0) is 18.7. The van der Waals surface area contributed by atoms with Crippen molar-refractivity contribution in [3.8, 4) is 11.1 Å². The van der Waals surface area contributed by atoms with Crippen molar-refractivity contribution in [3.63, 3.8) is 0 Å². The Labute approximate surface area is 152 Å². The van der Waals surface area contributed by atoms with E-state index in [1.54, 1.807) is 41.8 Å². The van der Waals surface area contributed by atoms with Gasteiger partial charge in [0.15, 0.2) is 0 Å². The van der Waals surface area contributed by atoms with E-state index in [1.807, 2.05) is 6.07 Å². The molecule has 4 N–H and O–H groups in total. The van der Waals surface area contributed by atoms with Crippen molar-refractivity contribution in [1.82, 2.24) is 0 Å². The van der Waals surface area contributed by atoms with E-state index in [0.717, 1.165) is 11.3 Å². The number of carboxylic acid groups (broad SMARTS) is 1. The first-order valence-corrected chi connectivity index (χ1v) is 8.47. The fourth-order valence-electron chi connectivity index (χ4n) is 2.60. The molecular weight excluding hydrogens is 352 g/mol. The molecule has 0 spiro atoms. The number of carbonyl (C=O) groups is 3. The van der Waals surface area contributed by atoms with Gasteiger partial charge in [-0.3, -0.25) is 9.59 Å². The molecule has 0 saturated carbocycles. The molecule has 0 atom stereocenters. The first-order valence-electron chi connectivity index (χ1n) is 7.59. The molecule has 1 heterocycles. The summed E-state index contributed by atoms with van der Waals surface area (Å²) >= 11 is 1.14. The summed E-state index contributed by atoms with van der Waals surface area (Å²) in [4.78, 5) is 36.0. The average Bonchev–Trinajstić information content (AvgIpc) is 3.10. The van der Waals surface area contributed by atoms with Crippen LogP contribution in [0.15, 0.2) is 60.0 Å². The van der Waals surface area contributed by atoms with Gasteiger partial charge in [0.2, 0.25) is 0 Å². The molecule has 0 radical (unpaired) electrons. The van der Waals surface area contributed by atoms with Crippen LogP contribution in [0, 0.1) is 0 Å². The van der Waals surface area contributed by atoms with Crippen molar-refractivity contribution >= 4 is 34.1 Å². The van der Waals surface area contributed by atoms with Crippen molar-refractivity contribution in [3.05, 3.63) is 76.7 Å². The molecule has 0 saturated heterocycles. The van der Waals surface area contributed by atoms with Gasteiger partial charge in [-0.05, 0) is 28.6 Å². The number of carbonyl (C=O) groups excluding carboxylic acids is 2. The van der Waals surface area contributed by atoms with Crippen LogP contribution in [-0.4, -0.2) is 22.9 Å². The largest absolute Gasteiger partial charge is 0.478 e. The minimum Gasteiger partial charge on any atom is -0.478 e. The molecule has 7 heteroatoms. The number of rotatable bonds is 5. The van der Waals surface area contributed by atoms with Crippen LogP contribution < -0.4 is 11.1 Å². The predicted octanol–water partition coefficient (Wildman–Crippen LogP) is 3.46. The highest BCUT2D eigenvalue weighted by Crippen LogP contribution is 2.29. The summed E-state index contributed by atoms with van der Waals surface area (Å²) in [5, 5.41) is 14.0. The van der Waals surface area contributed by atoms with E-state index in [9.17, 15) is 19.5 Å². The number of thiophene rings is 1. The number of anilines is 1. The Bertz CT molecular complexity index is 996. The second-order valence-corrected chi connectivity index (χ2v) is 6.30. The van der Waals surface area contributed by atoms with E-state index < -0.39 is 17.8 Å². The van der Waals surface area contributed by atoms with Crippen molar-refractivity contribution in [1.29, 1.82) is 0 Å². The molecule has 0 fully saturated rings. The van der Waals surface area contributed by atoms with Crippen LogP contribution in [0.25, 0.3) is 11.1 Å². The molecule has 0 aliphatic rings. The lowest BCUT2D eigenvalue weighted by Crippen LogP contribution is -2.19. The molecule has 2 aromatic carbocycles. The Hall–Kier alpha value is -3.45. The van der Waals surface area contributed by atoms with Gasteiger partial charge in [0.1, 0.15) is 5.00 Å². The smallest absolute Gasteiger partial charge is 0.336 e. The highest BCUT2D eigenvalue weighted by Gasteiger charge is 2.23. The summed E-state index contributed by atoms with van der Waals surface area (Å²) in [5.41, 5.74) is 6.57. The topological polar surface area (TPSA) is 109 Å². The van der Waals surface area contributed by atoms with Crippen molar-refractivity contribution in [2.24, 2.45) is 5.73 Å². The SMILES string of the molecule is NC(=O)c1ccsc1NC(=O)c1c(C(=O)O)cccc1-c1ccccc1. The number of nitrogens with one attached hydrogen (secondary N) is 1. The fraction of sp³-hybridized carbons (Fsp3) is 0. The molecule has 0 aliphatic heterocycles. The van der Waals surface area contributed by atoms with Gasteiger partial charge in [-0.1, -0.05) is 42.5 Å². The van der Waals surface area contributed by atoms with Gasteiger partial charge in [-0.25, -0.2) is 4.79 Å². The molecular formula is C19H14N2O4S. The number of primary amides is 1. The van der Waals surface area contributed by atoms with Gasteiger partial charge in [0.05, 0.1) is 16.7 Å².